The Morgan fingerprint density at radius 1 is 1.06 bits per heavy atom. The zero-order valence-electron chi connectivity index (χ0n) is 18.1. The van der Waals surface area contributed by atoms with E-state index in [2.05, 4.69) is 15.1 Å². The summed E-state index contributed by atoms with van der Waals surface area (Å²) < 4.78 is 27.4. The summed E-state index contributed by atoms with van der Waals surface area (Å²) in [6.45, 7) is 2.02. The Morgan fingerprint density at radius 2 is 1.88 bits per heavy atom. The van der Waals surface area contributed by atoms with Crippen LogP contribution in [0.2, 0.25) is 10.4 Å². The normalized spacial score (nSPS) is 11.7. The van der Waals surface area contributed by atoms with Gasteiger partial charge in [0.15, 0.2) is 6.79 Å². The highest BCUT2D eigenvalue weighted by atomic mass is 35.5. The molecule has 0 saturated heterocycles. The summed E-state index contributed by atoms with van der Waals surface area (Å²) in [5, 5.41) is 8.05. The molecule has 9 heteroatoms. The largest absolute Gasteiger partial charge is 0.468 e. The Hall–Kier alpha value is -3.00. The molecule has 6 nitrogen and oxygen atoms in total. The maximum absolute atomic E-state index is 14.9. The monoisotopic (exact) mass is 484 g/mol. The number of aromatic nitrogens is 4. The van der Waals surface area contributed by atoms with Gasteiger partial charge >= 0.3 is 0 Å². The molecule has 0 atom stereocenters. The molecule has 33 heavy (non-hydrogen) atoms. The van der Waals surface area contributed by atoms with Gasteiger partial charge in [-0.3, -0.25) is 4.68 Å². The number of hydrogen-bond acceptors (Lipinski definition) is 5. The van der Waals surface area contributed by atoms with Crippen LogP contribution in [0.3, 0.4) is 0 Å². The SMILES string of the molecule is CCc1c(F)ccc2cc(OCOC)cc(-c3cc4nc(Cl)nc(Cl)c4c4cn(C)nc34)c12. The fourth-order valence-electron chi connectivity index (χ4n) is 4.31. The van der Waals surface area contributed by atoms with Gasteiger partial charge in [0.05, 0.1) is 5.52 Å². The predicted octanol–water partition coefficient (Wildman–Crippen LogP) is 6.33. The van der Waals surface area contributed by atoms with Gasteiger partial charge in [0.1, 0.15) is 22.2 Å². The Bertz CT molecular complexity index is 1550. The quantitative estimate of drug-likeness (QED) is 0.166. The van der Waals surface area contributed by atoms with Crippen LogP contribution in [0, 0.1) is 5.82 Å². The van der Waals surface area contributed by atoms with Gasteiger partial charge in [-0.05, 0) is 64.2 Å². The van der Waals surface area contributed by atoms with Crippen LogP contribution in [0.15, 0.2) is 36.5 Å². The minimum absolute atomic E-state index is 0.0454. The summed E-state index contributed by atoms with van der Waals surface area (Å²) >= 11 is 12.6. The molecule has 0 bridgehead atoms. The van der Waals surface area contributed by atoms with E-state index in [0.717, 1.165) is 27.3 Å². The van der Waals surface area contributed by atoms with E-state index in [1.807, 2.05) is 38.4 Å². The lowest BCUT2D eigenvalue weighted by atomic mass is 9.91. The van der Waals surface area contributed by atoms with Crippen LogP contribution in [0.1, 0.15) is 12.5 Å². The highest BCUT2D eigenvalue weighted by molar-refractivity contribution is 6.38. The average Bonchev–Trinajstić information content (AvgIpc) is 3.17. The van der Waals surface area contributed by atoms with Gasteiger partial charge in [-0.15, -0.1) is 0 Å². The first-order valence-electron chi connectivity index (χ1n) is 10.3. The van der Waals surface area contributed by atoms with Crippen molar-refractivity contribution in [1.82, 2.24) is 19.7 Å². The molecular formula is C24H19Cl2FN4O2. The standard InChI is InChI=1S/C24H19Cl2FN4O2/c1-4-14-18(27)6-5-12-7-13(33-11-32-3)8-15(20(12)14)16-9-19-21(23(25)29-24(26)28-19)17-10-31(2)30-22(16)17/h5-10H,4,11H2,1-3H3. The molecule has 5 aromatic rings. The second kappa shape index (κ2) is 8.41. The molecule has 0 aliphatic heterocycles. The number of benzene rings is 3. The molecule has 2 heterocycles. The first kappa shape index (κ1) is 21.8. The van der Waals surface area contributed by atoms with Crippen molar-refractivity contribution in [3.8, 4) is 16.9 Å². The van der Waals surface area contributed by atoms with E-state index in [-0.39, 0.29) is 23.0 Å². The molecule has 0 aliphatic carbocycles. The lowest BCUT2D eigenvalue weighted by molar-refractivity contribution is 0.0512. The smallest absolute Gasteiger partial charge is 0.224 e. The maximum atomic E-state index is 14.9. The Kier molecular flexibility index (Phi) is 5.56. The molecule has 0 unspecified atom stereocenters. The molecular weight excluding hydrogens is 466 g/mol. The van der Waals surface area contributed by atoms with Gasteiger partial charge in [-0.25, -0.2) is 14.4 Å². The molecule has 0 spiro atoms. The van der Waals surface area contributed by atoms with E-state index in [0.29, 0.717) is 34.2 Å². The molecule has 0 aliphatic rings. The molecule has 3 aromatic carbocycles. The molecule has 0 fully saturated rings. The second-order valence-electron chi connectivity index (χ2n) is 7.67. The van der Waals surface area contributed by atoms with Gasteiger partial charge in [-0.2, -0.15) is 5.10 Å². The molecule has 2 aromatic heterocycles. The van der Waals surface area contributed by atoms with Gasteiger partial charge in [-0.1, -0.05) is 24.6 Å². The number of halogens is 3. The van der Waals surface area contributed by atoms with Crippen LogP contribution in [-0.2, 0) is 18.2 Å². The highest BCUT2D eigenvalue weighted by Gasteiger charge is 2.20. The topological polar surface area (TPSA) is 62.1 Å². The van der Waals surface area contributed by atoms with Crippen LogP contribution in [0.4, 0.5) is 4.39 Å². The van der Waals surface area contributed by atoms with Crippen molar-refractivity contribution in [1.29, 1.82) is 0 Å². The molecule has 0 radical (unpaired) electrons. The van der Waals surface area contributed by atoms with Crippen molar-refractivity contribution in [3.05, 3.63) is 58.3 Å². The molecule has 5 rings (SSSR count). The van der Waals surface area contributed by atoms with E-state index in [4.69, 9.17) is 32.7 Å². The Labute approximate surface area is 198 Å². The van der Waals surface area contributed by atoms with E-state index in [1.165, 1.54) is 6.07 Å². The first-order chi connectivity index (χ1) is 15.9. The lowest BCUT2D eigenvalue weighted by Gasteiger charge is -2.16. The highest BCUT2D eigenvalue weighted by Crippen LogP contribution is 2.42. The molecule has 0 N–H and O–H groups in total. The summed E-state index contributed by atoms with van der Waals surface area (Å²) in [5.74, 6) is 0.333. The summed E-state index contributed by atoms with van der Waals surface area (Å²) in [5.41, 5.74) is 3.41. The zero-order chi connectivity index (χ0) is 23.3. The van der Waals surface area contributed by atoms with Crippen LogP contribution < -0.4 is 4.74 Å². The number of hydrogen-bond donors (Lipinski definition) is 0. The number of methoxy groups -OCH3 is 1. The van der Waals surface area contributed by atoms with Crippen LogP contribution >= 0.6 is 23.2 Å². The summed E-state index contributed by atoms with van der Waals surface area (Å²) in [6, 6.07) is 8.85. The molecule has 0 amide bonds. The first-order valence-corrected chi connectivity index (χ1v) is 11.0. The summed E-state index contributed by atoms with van der Waals surface area (Å²) in [6.07, 6.45) is 2.38. The van der Waals surface area contributed by atoms with Crippen molar-refractivity contribution in [2.75, 3.05) is 13.9 Å². The summed E-state index contributed by atoms with van der Waals surface area (Å²) in [4.78, 5) is 8.50. The van der Waals surface area contributed by atoms with E-state index in [9.17, 15) is 4.39 Å². The van der Waals surface area contributed by atoms with Crippen LogP contribution in [0.25, 0.3) is 43.7 Å². The fourth-order valence-corrected chi connectivity index (χ4v) is 4.81. The van der Waals surface area contributed by atoms with Crippen molar-refractivity contribution < 1.29 is 13.9 Å². The minimum atomic E-state index is -0.261. The third-order valence-electron chi connectivity index (χ3n) is 5.63. The second-order valence-corrected chi connectivity index (χ2v) is 8.36. The van der Waals surface area contributed by atoms with Crippen molar-refractivity contribution in [2.45, 2.75) is 13.3 Å². The Morgan fingerprint density at radius 3 is 2.64 bits per heavy atom. The summed E-state index contributed by atoms with van der Waals surface area (Å²) in [7, 11) is 3.38. The van der Waals surface area contributed by atoms with E-state index in [1.54, 1.807) is 17.9 Å². The van der Waals surface area contributed by atoms with Gasteiger partial charge in [0.2, 0.25) is 5.28 Å². The number of rotatable bonds is 5. The third-order valence-corrected chi connectivity index (χ3v) is 6.07. The van der Waals surface area contributed by atoms with Crippen molar-refractivity contribution >= 4 is 55.8 Å². The van der Waals surface area contributed by atoms with E-state index >= 15 is 0 Å². The minimum Gasteiger partial charge on any atom is -0.468 e. The number of nitrogens with zero attached hydrogens (tertiary/aromatic N) is 4. The third kappa shape index (κ3) is 3.66. The molecule has 0 saturated carbocycles. The van der Waals surface area contributed by atoms with E-state index < -0.39 is 0 Å². The number of aryl methyl sites for hydroxylation is 2. The fraction of sp³-hybridized carbons (Fsp3) is 0.208. The maximum Gasteiger partial charge on any atom is 0.224 e. The van der Waals surface area contributed by atoms with Gasteiger partial charge in [0, 0.05) is 36.7 Å². The van der Waals surface area contributed by atoms with Crippen LogP contribution in [0.5, 0.6) is 5.75 Å². The van der Waals surface area contributed by atoms with Crippen molar-refractivity contribution in [2.24, 2.45) is 7.05 Å². The van der Waals surface area contributed by atoms with Crippen LogP contribution in [-0.4, -0.2) is 33.7 Å². The molecule has 168 valence electrons. The number of fused-ring (bicyclic) bond motifs is 4. The predicted molar refractivity (Wildman–Crippen MR) is 129 cm³/mol. The zero-order valence-corrected chi connectivity index (χ0v) is 19.6. The Balaban J connectivity index is 1.95. The number of ether oxygens (including phenoxy) is 2. The van der Waals surface area contributed by atoms with Gasteiger partial charge < -0.3 is 9.47 Å². The average molecular weight is 485 g/mol. The van der Waals surface area contributed by atoms with Crippen molar-refractivity contribution in [3.63, 3.8) is 0 Å². The van der Waals surface area contributed by atoms with Gasteiger partial charge in [0.25, 0.3) is 0 Å². The lowest BCUT2D eigenvalue weighted by Crippen LogP contribution is -2.00.